The van der Waals surface area contributed by atoms with E-state index in [0.717, 1.165) is 5.56 Å². The van der Waals surface area contributed by atoms with Gasteiger partial charge in [0.1, 0.15) is 5.60 Å². The number of nitrogens with zero attached hydrogens (tertiary/aromatic N) is 1. The molecule has 0 saturated carbocycles. The second kappa shape index (κ2) is 6.02. The molecule has 1 amide bonds. The molecule has 5 nitrogen and oxygen atoms in total. The molecule has 1 aromatic heterocycles. The lowest BCUT2D eigenvalue weighted by atomic mass is 10.1. The molecule has 0 spiro atoms. The number of rotatable bonds is 3. The third-order valence-electron chi connectivity index (χ3n) is 2.07. The molecule has 0 aliphatic heterocycles. The molecule has 0 bridgehead atoms. The minimum atomic E-state index is -0.525. The van der Waals surface area contributed by atoms with Gasteiger partial charge in [-0.05, 0) is 32.4 Å². The smallest absolute Gasteiger partial charge is 0.407 e. The molecule has 1 heterocycles. The largest absolute Gasteiger partial charge is 0.444 e. The van der Waals surface area contributed by atoms with Crippen molar-refractivity contribution >= 4 is 17.7 Å². The van der Waals surface area contributed by atoms with Crippen molar-refractivity contribution in [3.05, 3.63) is 29.0 Å². The fourth-order valence-corrected chi connectivity index (χ4v) is 1.56. The molecule has 0 saturated heterocycles. The Morgan fingerprint density at radius 1 is 1.61 bits per heavy atom. The van der Waals surface area contributed by atoms with Crippen molar-refractivity contribution in [1.82, 2.24) is 10.3 Å². The van der Waals surface area contributed by atoms with Crippen LogP contribution in [0.3, 0.4) is 0 Å². The summed E-state index contributed by atoms with van der Waals surface area (Å²) in [6.45, 7) is 5.64. The van der Waals surface area contributed by atoms with Crippen LogP contribution < -0.4 is 11.1 Å². The van der Waals surface area contributed by atoms with Gasteiger partial charge in [0.05, 0.1) is 5.02 Å². The molecule has 6 heteroatoms. The number of hydrogen-bond donors (Lipinski definition) is 2. The predicted molar refractivity (Wildman–Crippen MR) is 70.4 cm³/mol. The second-order valence-corrected chi connectivity index (χ2v) is 5.29. The number of nitrogens with one attached hydrogen (secondary N) is 1. The van der Waals surface area contributed by atoms with Gasteiger partial charge in [-0.3, -0.25) is 4.98 Å². The van der Waals surface area contributed by atoms with E-state index in [9.17, 15) is 4.79 Å². The molecule has 0 aliphatic carbocycles. The first-order valence-corrected chi connectivity index (χ1v) is 5.99. The van der Waals surface area contributed by atoms with Crippen molar-refractivity contribution in [3.8, 4) is 0 Å². The average molecular weight is 272 g/mol. The molecule has 0 aromatic carbocycles. The average Bonchev–Trinajstić information content (AvgIpc) is 2.24. The number of pyridine rings is 1. The minimum Gasteiger partial charge on any atom is -0.444 e. The quantitative estimate of drug-likeness (QED) is 0.884. The first-order valence-electron chi connectivity index (χ1n) is 5.61. The van der Waals surface area contributed by atoms with E-state index in [-0.39, 0.29) is 6.54 Å². The van der Waals surface area contributed by atoms with E-state index in [0.29, 0.717) is 5.02 Å². The molecule has 1 aromatic rings. The number of halogens is 1. The highest BCUT2D eigenvalue weighted by atomic mass is 35.5. The Kier molecular flexibility index (Phi) is 4.93. The van der Waals surface area contributed by atoms with Gasteiger partial charge in [0.2, 0.25) is 0 Å². The van der Waals surface area contributed by atoms with Gasteiger partial charge in [0.15, 0.2) is 0 Å². The zero-order valence-corrected chi connectivity index (χ0v) is 11.5. The van der Waals surface area contributed by atoms with Gasteiger partial charge in [-0.1, -0.05) is 11.6 Å². The Hall–Kier alpha value is -1.33. The van der Waals surface area contributed by atoms with Gasteiger partial charge < -0.3 is 15.8 Å². The summed E-state index contributed by atoms with van der Waals surface area (Å²) in [4.78, 5) is 15.3. The number of nitrogens with two attached hydrogens (primary N) is 1. The fraction of sp³-hybridized carbons (Fsp3) is 0.500. The van der Waals surface area contributed by atoms with Crippen LogP contribution >= 0.6 is 11.6 Å². The number of alkyl carbamates (subject to hydrolysis) is 1. The van der Waals surface area contributed by atoms with E-state index in [2.05, 4.69) is 10.3 Å². The lowest BCUT2D eigenvalue weighted by Gasteiger charge is -2.21. The number of carbonyl (C=O) groups is 1. The van der Waals surface area contributed by atoms with Crippen LogP contribution in [-0.4, -0.2) is 23.2 Å². The molecule has 1 unspecified atom stereocenters. The van der Waals surface area contributed by atoms with Gasteiger partial charge in [0.25, 0.3) is 0 Å². The van der Waals surface area contributed by atoms with E-state index >= 15 is 0 Å². The van der Waals surface area contributed by atoms with Gasteiger partial charge in [0, 0.05) is 25.0 Å². The second-order valence-electron chi connectivity index (χ2n) is 4.89. The summed E-state index contributed by atoms with van der Waals surface area (Å²) < 4.78 is 5.10. The number of amides is 1. The van der Waals surface area contributed by atoms with Gasteiger partial charge >= 0.3 is 6.09 Å². The SMILES string of the molecule is CC(C)(C)OC(=O)NCC(N)c1ccncc1Cl. The van der Waals surface area contributed by atoms with E-state index in [1.165, 1.54) is 6.20 Å². The van der Waals surface area contributed by atoms with Crippen LogP contribution in [0.5, 0.6) is 0 Å². The highest BCUT2D eigenvalue weighted by molar-refractivity contribution is 6.31. The van der Waals surface area contributed by atoms with Crippen LogP contribution in [0.25, 0.3) is 0 Å². The molecule has 1 atom stereocenters. The molecule has 18 heavy (non-hydrogen) atoms. The lowest BCUT2D eigenvalue weighted by molar-refractivity contribution is 0.0524. The Labute approximate surface area is 112 Å². The summed E-state index contributed by atoms with van der Waals surface area (Å²) in [5.74, 6) is 0. The number of ether oxygens (including phenoxy) is 1. The first kappa shape index (κ1) is 14.7. The zero-order chi connectivity index (χ0) is 13.8. The summed E-state index contributed by atoms with van der Waals surface area (Å²) in [6.07, 6.45) is 2.63. The molecule has 0 radical (unpaired) electrons. The van der Waals surface area contributed by atoms with Crippen LogP contribution in [0.1, 0.15) is 32.4 Å². The summed E-state index contributed by atoms with van der Waals surface area (Å²) >= 11 is 5.95. The lowest BCUT2D eigenvalue weighted by Crippen LogP contribution is -2.36. The van der Waals surface area contributed by atoms with Crippen molar-refractivity contribution in [2.24, 2.45) is 5.73 Å². The molecule has 1 rings (SSSR count). The molecule has 0 fully saturated rings. The van der Waals surface area contributed by atoms with E-state index < -0.39 is 17.7 Å². The number of carbonyl (C=O) groups excluding carboxylic acids is 1. The topological polar surface area (TPSA) is 77.2 Å². The summed E-state index contributed by atoms with van der Waals surface area (Å²) in [5, 5.41) is 3.08. The van der Waals surface area contributed by atoms with Gasteiger partial charge in [-0.25, -0.2) is 4.79 Å². The highest BCUT2D eigenvalue weighted by Gasteiger charge is 2.17. The van der Waals surface area contributed by atoms with Gasteiger partial charge in [-0.2, -0.15) is 0 Å². The first-order chi connectivity index (χ1) is 8.29. The van der Waals surface area contributed by atoms with Crippen LogP contribution in [0.2, 0.25) is 5.02 Å². The molecule has 3 N–H and O–H groups in total. The Bertz CT molecular complexity index is 418. The van der Waals surface area contributed by atoms with E-state index in [1.54, 1.807) is 33.0 Å². The maximum atomic E-state index is 11.4. The van der Waals surface area contributed by atoms with Crippen molar-refractivity contribution in [2.45, 2.75) is 32.4 Å². The maximum Gasteiger partial charge on any atom is 0.407 e. The predicted octanol–water partition coefficient (Wildman–Crippen LogP) is 2.26. The van der Waals surface area contributed by atoms with Crippen molar-refractivity contribution in [1.29, 1.82) is 0 Å². The third kappa shape index (κ3) is 4.89. The van der Waals surface area contributed by atoms with Crippen LogP contribution in [-0.2, 0) is 4.74 Å². The monoisotopic (exact) mass is 271 g/mol. The van der Waals surface area contributed by atoms with E-state index in [1.807, 2.05) is 0 Å². The molecule has 0 aliphatic rings. The minimum absolute atomic E-state index is 0.249. The normalized spacial score (nSPS) is 12.9. The summed E-state index contributed by atoms with van der Waals surface area (Å²) in [5.41, 5.74) is 6.14. The van der Waals surface area contributed by atoms with Crippen molar-refractivity contribution in [3.63, 3.8) is 0 Å². The fourth-order valence-electron chi connectivity index (χ4n) is 1.30. The van der Waals surface area contributed by atoms with Crippen LogP contribution in [0.4, 0.5) is 4.79 Å². The van der Waals surface area contributed by atoms with Crippen molar-refractivity contribution in [2.75, 3.05) is 6.54 Å². The van der Waals surface area contributed by atoms with Crippen LogP contribution in [0.15, 0.2) is 18.5 Å². The highest BCUT2D eigenvalue weighted by Crippen LogP contribution is 2.19. The summed E-state index contributed by atoms with van der Waals surface area (Å²) in [7, 11) is 0. The Morgan fingerprint density at radius 2 is 2.28 bits per heavy atom. The number of hydrogen-bond acceptors (Lipinski definition) is 4. The van der Waals surface area contributed by atoms with E-state index in [4.69, 9.17) is 22.1 Å². The zero-order valence-electron chi connectivity index (χ0n) is 10.7. The Balaban J connectivity index is 2.49. The third-order valence-corrected chi connectivity index (χ3v) is 2.38. The Morgan fingerprint density at radius 3 is 2.83 bits per heavy atom. The summed E-state index contributed by atoms with van der Waals surface area (Å²) in [6, 6.07) is 1.33. The molecular weight excluding hydrogens is 254 g/mol. The van der Waals surface area contributed by atoms with Gasteiger partial charge in [-0.15, -0.1) is 0 Å². The molecule has 100 valence electrons. The molecular formula is C12H18ClN3O2. The van der Waals surface area contributed by atoms with Crippen LogP contribution in [0, 0.1) is 0 Å². The van der Waals surface area contributed by atoms with Crippen molar-refractivity contribution < 1.29 is 9.53 Å². The number of aromatic nitrogens is 1. The maximum absolute atomic E-state index is 11.4. The standard InChI is InChI=1S/C12H18ClN3O2/c1-12(2,3)18-11(17)16-7-10(14)8-4-5-15-6-9(8)13/h4-6,10H,7,14H2,1-3H3,(H,16,17).